The van der Waals surface area contributed by atoms with Crippen molar-refractivity contribution in [2.24, 2.45) is 15.7 Å². The lowest BCUT2D eigenvalue weighted by Gasteiger charge is -2.29. The standard InChI is InChI=1S/C15H17F2N5O2/c1-2-23-15-20-12(18)11-13(21-15)22(8-19-11)7-9-5-3-4-6-10(9)24-14(16)17/h3-6,8,13-14H,2,7,18H2,1H3,(H,20,21). The molecule has 7 nitrogen and oxygen atoms in total. The van der Waals surface area contributed by atoms with Gasteiger partial charge in [0.15, 0.2) is 12.0 Å². The quantitative estimate of drug-likeness (QED) is 0.852. The van der Waals surface area contributed by atoms with Gasteiger partial charge in [-0.15, -0.1) is 0 Å². The summed E-state index contributed by atoms with van der Waals surface area (Å²) in [6.45, 7) is -0.303. The van der Waals surface area contributed by atoms with Gasteiger partial charge in [-0.1, -0.05) is 18.2 Å². The maximum atomic E-state index is 12.5. The van der Waals surface area contributed by atoms with Crippen LogP contribution in [0.25, 0.3) is 0 Å². The lowest BCUT2D eigenvalue weighted by atomic mass is 10.2. The molecule has 1 aromatic carbocycles. The molecule has 0 saturated carbocycles. The lowest BCUT2D eigenvalue weighted by molar-refractivity contribution is -0.0506. The number of rotatable bonds is 5. The summed E-state index contributed by atoms with van der Waals surface area (Å²) in [6.07, 6.45) is 1.22. The van der Waals surface area contributed by atoms with E-state index in [2.05, 4.69) is 20.0 Å². The van der Waals surface area contributed by atoms with Crippen molar-refractivity contribution in [1.29, 1.82) is 0 Å². The van der Waals surface area contributed by atoms with Gasteiger partial charge in [0.2, 0.25) is 0 Å². The number of halogens is 2. The minimum absolute atomic E-state index is 0.126. The molecule has 24 heavy (non-hydrogen) atoms. The fourth-order valence-electron chi connectivity index (χ4n) is 2.49. The molecule has 2 aliphatic rings. The smallest absolute Gasteiger partial charge is 0.387 e. The summed E-state index contributed by atoms with van der Waals surface area (Å²) in [5.74, 6) is 0.388. The number of nitrogens with two attached hydrogens (primary N) is 1. The Labute approximate surface area is 137 Å². The first-order chi connectivity index (χ1) is 11.6. The molecular formula is C15H17F2N5O2. The number of aliphatic imine (C=N–C) groups is 2. The molecule has 9 heteroatoms. The van der Waals surface area contributed by atoms with E-state index in [0.29, 0.717) is 30.4 Å². The summed E-state index contributed by atoms with van der Waals surface area (Å²) < 4.78 is 35.0. The first-order valence-electron chi connectivity index (χ1n) is 7.38. The number of hydrogen-bond donors (Lipinski definition) is 2. The van der Waals surface area contributed by atoms with Crippen LogP contribution in [0.2, 0.25) is 0 Å². The van der Waals surface area contributed by atoms with E-state index in [9.17, 15) is 8.78 Å². The number of benzene rings is 1. The predicted molar refractivity (Wildman–Crippen MR) is 84.3 cm³/mol. The monoisotopic (exact) mass is 337 g/mol. The van der Waals surface area contributed by atoms with E-state index < -0.39 is 6.61 Å². The highest BCUT2D eigenvalue weighted by molar-refractivity contribution is 5.79. The summed E-state index contributed by atoms with van der Waals surface area (Å²) in [5.41, 5.74) is 7.06. The average Bonchev–Trinajstić information content (AvgIpc) is 2.93. The zero-order chi connectivity index (χ0) is 17.1. The van der Waals surface area contributed by atoms with Crippen LogP contribution >= 0.6 is 0 Å². The van der Waals surface area contributed by atoms with E-state index in [0.717, 1.165) is 0 Å². The Morgan fingerprint density at radius 3 is 2.92 bits per heavy atom. The van der Waals surface area contributed by atoms with Gasteiger partial charge < -0.3 is 25.4 Å². The molecule has 0 saturated heterocycles. The van der Waals surface area contributed by atoms with Crippen molar-refractivity contribution in [3.63, 3.8) is 0 Å². The van der Waals surface area contributed by atoms with Crippen molar-refractivity contribution in [2.45, 2.75) is 26.2 Å². The molecule has 0 spiro atoms. The van der Waals surface area contributed by atoms with Gasteiger partial charge >= 0.3 is 6.61 Å². The lowest BCUT2D eigenvalue weighted by Crippen LogP contribution is -2.48. The van der Waals surface area contributed by atoms with Gasteiger partial charge in [0.25, 0.3) is 6.02 Å². The Morgan fingerprint density at radius 2 is 2.17 bits per heavy atom. The Hall–Kier alpha value is -2.84. The van der Waals surface area contributed by atoms with E-state index in [4.69, 9.17) is 10.5 Å². The topological polar surface area (TPSA) is 84.5 Å². The number of para-hydroxylation sites is 1. The Morgan fingerprint density at radius 1 is 1.38 bits per heavy atom. The molecule has 0 fully saturated rings. The van der Waals surface area contributed by atoms with E-state index in [1.165, 1.54) is 6.07 Å². The summed E-state index contributed by atoms with van der Waals surface area (Å²) in [5, 5.41) is 3.08. The van der Waals surface area contributed by atoms with E-state index in [-0.39, 0.29) is 17.7 Å². The van der Waals surface area contributed by atoms with Crippen molar-refractivity contribution in [2.75, 3.05) is 6.61 Å². The highest BCUT2D eigenvalue weighted by Gasteiger charge is 2.33. The van der Waals surface area contributed by atoms with Crippen LogP contribution in [0.5, 0.6) is 5.75 Å². The zero-order valence-electron chi connectivity index (χ0n) is 12.9. The minimum atomic E-state index is -2.88. The van der Waals surface area contributed by atoms with Crippen LogP contribution in [0.4, 0.5) is 8.78 Å². The molecule has 1 unspecified atom stereocenters. The third-order valence-corrected chi connectivity index (χ3v) is 3.50. The van der Waals surface area contributed by atoms with Gasteiger partial charge in [-0.05, 0) is 13.0 Å². The molecule has 0 aromatic heterocycles. The number of nitrogens with one attached hydrogen (secondary N) is 1. The van der Waals surface area contributed by atoms with Gasteiger partial charge in [0.05, 0.1) is 12.9 Å². The van der Waals surface area contributed by atoms with Gasteiger partial charge in [0, 0.05) is 12.1 Å². The zero-order valence-corrected chi connectivity index (χ0v) is 12.9. The maximum Gasteiger partial charge on any atom is 0.387 e. The fraction of sp³-hybridized carbons (Fsp3) is 0.333. The number of ether oxygens (including phenoxy) is 2. The Balaban J connectivity index is 1.79. The maximum absolute atomic E-state index is 12.5. The second-order valence-electron chi connectivity index (χ2n) is 5.07. The Kier molecular flexibility index (Phi) is 4.50. The van der Waals surface area contributed by atoms with Crippen molar-refractivity contribution < 1.29 is 18.3 Å². The molecule has 0 bridgehead atoms. The highest BCUT2D eigenvalue weighted by Crippen LogP contribution is 2.27. The van der Waals surface area contributed by atoms with Gasteiger partial charge in [-0.25, -0.2) is 4.99 Å². The number of alkyl halides is 2. The van der Waals surface area contributed by atoms with E-state index in [1.807, 2.05) is 11.8 Å². The van der Waals surface area contributed by atoms with Crippen molar-refractivity contribution in [1.82, 2.24) is 10.2 Å². The van der Waals surface area contributed by atoms with Crippen LogP contribution in [0.15, 0.2) is 45.8 Å². The number of fused-ring (bicyclic) bond motifs is 1. The third-order valence-electron chi connectivity index (χ3n) is 3.50. The predicted octanol–water partition coefficient (Wildman–Crippen LogP) is 1.58. The van der Waals surface area contributed by atoms with Crippen molar-refractivity contribution in [3.8, 4) is 5.75 Å². The average molecular weight is 337 g/mol. The number of amidine groups is 1. The van der Waals surface area contributed by atoms with Crippen LogP contribution in [0.3, 0.4) is 0 Å². The van der Waals surface area contributed by atoms with Crippen molar-refractivity contribution in [3.05, 3.63) is 41.3 Å². The van der Waals surface area contributed by atoms with Crippen LogP contribution < -0.4 is 15.8 Å². The molecule has 3 N–H and O–H groups in total. The number of nitrogens with zero attached hydrogens (tertiary/aromatic N) is 3. The first-order valence-corrected chi connectivity index (χ1v) is 7.38. The second-order valence-corrected chi connectivity index (χ2v) is 5.07. The van der Waals surface area contributed by atoms with Gasteiger partial charge in [-0.2, -0.15) is 13.8 Å². The third kappa shape index (κ3) is 3.24. The van der Waals surface area contributed by atoms with Gasteiger partial charge in [-0.3, -0.25) is 0 Å². The van der Waals surface area contributed by atoms with Crippen molar-refractivity contribution >= 4 is 12.4 Å². The summed E-state index contributed by atoms with van der Waals surface area (Å²) >= 11 is 0. The van der Waals surface area contributed by atoms with Crippen LogP contribution in [-0.4, -0.2) is 36.6 Å². The molecule has 3 rings (SSSR count). The first kappa shape index (κ1) is 16.0. The van der Waals surface area contributed by atoms with Crippen LogP contribution in [-0.2, 0) is 11.3 Å². The highest BCUT2D eigenvalue weighted by atomic mass is 19.3. The molecule has 0 amide bonds. The molecule has 0 aliphatic carbocycles. The molecule has 1 aromatic rings. The van der Waals surface area contributed by atoms with E-state index >= 15 is 0 Å². The second kappa shape index (κ2) is 6.73. The molecule has 1 atom stereocenters. The largest absolute Gasteiger partial charge is 0.465 e. The summed E-state index contributed by atoms with van der Waals surface area (Å²) in [4.78, 5) is 10.1. The normalized spacial score (nSPS) is 19.2. The summed E-state index contributed by atoms with van der Waals surface area (Å²) in [7, 11) is 0. The fourth-order valence-corrected chi connectivity index (χ4v) is 2.49. The van der Waals surface area contributed by atoms with E-state index in [1.54, 1.807) is 24.5 Å². The SMILES string of the molecule is CCOC1=NC(N)=C2N=CN(Cc3ccccc3OC(F)F)C2N1. The number of hydrogen-bond acceptors (Lipinski definition) is 7. The van der Waals surface area contributed by atoms with Crippen LogP contribution in [0.1, 0.15) is 12.5 Å². The van der Waals surface area contributed by atoms with Gasteiger partial charge in [0.1, 0.15) is 11.4 Å². The molecule has 128 valence electrons. The molecule has 2 heterocycles. The molecule has 2 aliphatic heterocycles. The van der Waals surface area contributed by atoms with Crippen LogP contribution in [0, 0.1) is 0 Å². The molecule has 0 radical (unpaired) electrons. The Bertz CT molecular complexity index is 705. The minimum Gasteiger partial charge on any atom is -0.465 e. The molecular weight excluding hydrogens is 320 g/mol. The summed E-state index contributed by atoms with van der Waals surface area (Å²) in [6, 6.07) is 6.92.